The molecular weight excluding hydrogens is 769 g/mol. The Balaban J connectivity index is 1.79. The van der Waals surface area contributed by atoms with Crippen molar-refractivity contribution in [3.8, 4) is 0 Å². The van der Waals surface area contributed by atoms with Crippen LogP contribution in [0, 0.1) is 27.9 Å². The van der Waals surface area contributed by atoms with E-state index in [1.165, 1.54) is 29.1 Å². The largest absolute Gasteiger partial charge is 0.394 e. The quantitative estimate of drug-likeness (QED) is 0.0294. The highest BCUT2D eigenvalue weighted by atomic mass is 33.1. The maximum Gasteiger partial charge on any atom is 0.302 e. The van der Waals surface area contributed by atoms with Crippen molar-refractivity contribution in [1.82, 2.24) is 26.3 Å². The molecule has 6 N–H and O–H groups in total. The number of carbonyl (C=O) groups excluding carboxylic acids is 4. The number of nitrogens with one attached hydrogen (secondary N) is 4. The van der Waals surface area contributed by atoms with Gasteiger partial charge in [-0.2, -0.15) is 0 Å². The van der Waals surface area contributed by atoms with Gasteiger partial charge in [-0.05, 0) is 63.8 Å². The summed E-state index contributed by atoms with van der Waals surface area (Å²) in [5.74, 6) is -1.62. The number of aliphatic hydroxyl groups is 2. The topological polar surface area (TPSA) is 213 Å². The van der Waals surface area contributed by atoms with Crippen LogP contribution >= 0.6 is 21.6 Å². The molecule has 0 unspecified atom stereocenters. The monoisotopic (exact) mass is 826 g/mol. The second-order valence-corrected chi connectivity index (χ2v) is 17.6. The number of fused-ring (bicyclic) bond motifs is 1. The number of aliphatic hydroxyl groups excluding tert-OH is 2. The van der Waals surface area contributed by atoms with Crippen LogP contribution in [0.5, 0.6) is 0 Å². The molecule has 4 amide bonds. The van der Waals surface area contributed by atoms with E-state index in [4.69, 9.17) is 0 Å². The predicted molar refractivity (Wildman–Crippen MR) is 225 cm³/mol. The Morgan fingerprint density at radius 2 is 1.51 bits per heavy atom. The minimum atomic E-state index is -1.23. The number of nitrogens with zero attached hydrogens (tertiary/aromatic N) is 2. The van der Waals surface area contributed by atoms with Crippen LogP contribution in [0.4, 0.5) is 5.69 Å². The SMILES string of the molecule is CC[C@H](C)[C@@H](CO)NC(=O)C[C@H](O)[C@H](CC(C)C)NC(=O)[C@H](CC(C)C)NC(=O)[C@H](Cc1cccc2ccccc12)NC(=O)CCSSc1ncccc1[N+](=O)[O-]. The van der Waals surface area contributed by atoms with Crippen LogP contribution in [0.15, 0.2) is 65.8 Å². The third-order valence-electron chi connectivity index (χ3n) is 9.58. The van der Waals surface area contributed by atoms with Gasteiger partial charge in [-0.3, -0.25) is 29.3 Å². The van der Waals surface area contributed by atoms with Crippen molar-refractivity contribution in [2.24, 2.45) is 17.8 Å². The Labute approximate surface area is 343 Å². The minimum absolute atomic E-state index is 0.00623. The highest BCUT2D eigenvalue weighted by Crippen LogP contribution is 2.35. The smallest absolute Gasteiger partial charge is 0.302 e. The fraction of sp³-hybridized carbons (Fsp3) is 0.537. The first kappa shape index (κ1) is 47.1. The third-order valence-corrected chi connectivity index (χ3v) is 11.9. The van der Waals surface area contributed by atoms with Crippen LogP contribution in [-0.2, 0) is 25.6 Å². The van der Waals surface area contributed by atoms with Gasteiger partial charge in [-0.25, -0.2) is 4.98 Å². The molecule has 14 nitrogen and oxygen atoms in total. The minimum Gasteiger partial charge on any atom is -0.394 e. The molecule has 3 aromatic rings. The molecule has 1 heterocycles. The van der Waals surface area contributed by atoms with Gasteiger partial charge in [0.15, 0.2) is 5.03 Å². The average molecular weight is 827 g/mol. The molecule has 0 aliphatic heterocycles. The van der Waals surface area contributed by atoms with Gasteiger partial charge in [0, 0.05) is 30.9 Å². The first-order valence-electron chi connectivity index (χ1n) is 19.5. The number of pyridine rings is 1. The van der Waals surface area contributed by atoms with Crippen LogP contribution in [0.2, 0.25) is 0 Å². The van der Waals surface area contributed by atoms with Gasteiger partial charge in [0.05, 0.1) is 36.1 Å². The van der Waals surface area contributed by atoms with Gasteiger partial charge < -0.3 is 31.5 Å². The molecule has 1 aromatic heterocycles. The molecule has 16 heteroatoms. The number of carbonyl (C=O) groups is 4. The van der Waals surface area contributed by atoms with Crippen molar-refractivity contribution in [3.05, 3.63) is 76.5 Å². The average Bonchev–Trinajstić information content (AvgIpc) is 3.17. The highest BCUT2D eigenvalue weighted by Gasteiger charge is 2.32. The molecule has 3 rings (SSSR count). The first-order valence-corrected chi connectivity index (χ1v) is 21.8. The molecule has 0 saturated heterocycles. The maximum absolute atomic E-state index is 14.2. The zero-order valence-electron chi connectivity index (χ0n) is 33.6. The van der Waals surface area contributed by atoms with E-state index in [-0.39, 0.29) is 66.5 Å². The Kier molecular flexibility index (Phi) is 19.7. The van der Waals surface area contributed by atoms with Crippen LogP contribution in [-0.4, -0.2) is 86.4 Å². The standard InChI is InChI=1S/C41H58N6O8S2/c1-7-27(6)34(24-48)44-38(51)23-36(49)31(20-25(2)3)45-39(52)32(21-26(4)5)46-40(53)33(22-29-14-10-13-28-12-8-9-15-30(28)29)43-37(50)17-19-56-57-41-35(47(54)55)16-11-18-42-41/h8-16,18,25-27,31-34,36,48-49H,7,17,19-24H2,1-6H3,(H,43,50)(H,44,51)(H,45,52)(H,46,53)/t27-,31-,32-,33-,34+,36-/m0/s1. The summed E-state index contributed by atoms with van der Waals surface area (Å²) in [6, 6.07) is 12.9. The molecule has 0 saturated carbocycles. The van der Waals surface area contributed by atoms with Crippen molar-refractivity contribution >= 4 is 61.7 Å². The summed E-state index contributed by atoms with van der Waals surface area (Å²) in [5, 5.41) is 45.9. The number of rotatable bonds is 24. The van der Waals surface area contributed by atoms with E-state index in [2.05, 4.69) is 26.3 Å². The zero-order valence-corrected chi connectivity index (χ0v) is 35.2. The van der Waals surface area contributed by atoms with E-state index < -0.39 is 58.8 Å². The molecule has 57 heavy (non-hydrogen) atoms. The Bertz CT molecular complexity index is 1790. The number of aromatic nitrogens is 1. The lowest BCUT2D eigenvalue weighted by Crippen LogP contribution is -2.57. The number of nitro groups is 1. The number of hydrogen-bond donors (Lipinski definition) is 6. The molecule has 0 bridgehead atoms. The summed E-state index contributed by atoms with van der Waals surface area (Å²) in [6.45, 7) is 11.3. The molecule has 2 aromatic carbocycles. The van der Waals surface area contributed by atoms with Crippen molar-refractivity contribution in [1.29, 1.82) is 0 Å². The van der Waals surface area contributed by atoms with E-state index in [0.29, 0.717) is 6.42 Å². The van der Waals surface area contributed by atoms with Crippen LogP contribution in [0.25, 0.3) is 10.8 Å². The fourth-order valence-electron chi connectivity index (χ4n) is 6.31. The van der Waals surface area contributed by atoms with Gasteiger partial charge in [-0.15, -0.1) is 0 Å². The van der Waals surface area contributed by atoms with E-state index >= 15 is 0 Å². The molecule has 0 aliphatic carbocycles. The van der Waals surface area contributed by atoms with Crippen LogP contribution < -0.4 is 21.3 Å². The molecule has 0 aliphatic rings. The molecule has 312 valence electrons. The Hall–Kier alpha value is -4.25. The maximum atomic E-state index is 14.2. The normalized spacial score (nSPS) is 14.6. The highest BCUT2D eigenvalue weighted by molar-refractivity contribution is 8.76. The molecule has 0 fully saturated rings. The van der Waals surface area contributed by atoms with Crippen molar-refractivity contribution < 1.29 is 34.3 Å². The summed E-state index contributed by atoms with van der Waals surface area (Å²) in [6.07, 6.45) is 1.44. The first-order chi connectivity index (χ1) is 27.1. The molecule has 6 atom stereocenters. The van der Waals surface area contributed by atoms with Crippen molar-refractivity contribution in [2.75, 3.05) is 12.4 Å². The number of amides is 4. The summed E-state index contributed by atoms with van der Waals surface area (Å²) >= 11 is 0. The lowest BCUT2D eigenvalue weighted by atomic mass is 9.95. The lowest BCUT2D eigenvalue weighted by Gasteiger charge is -2.30. The fourth-order valence-corrected chi connectivity index (χ4v) is 8.33. The second-order valence-electron chi connectivity index (χ2n) is 15.2. The lowest BCUT2D eigenvalue weighted by molar-refractivity contribution is -0.388. The van der Waals surface area contributed by atoms with Gasteiger partial charge in [0.25, 0.3) is 0 Å². The van der Waals surface area contributed by atoms with E-state index in [1.54, 1.807) is 0 Å². The Morgan fingerprint density at radius 3 is 2.18 bits per heavy atom. The zero-order chi connectivity index (χ0) is 42.1. The summed E-state index contributed by atoms with van der Waals surface area (Å²) in [5.41, 5.74) is 0.691. The number of benzene rings is 2. The van der Waals surface area contributed by atoms with Crippen LogP contribution in [0.3, 0.4) is 0 Å². The van der Waals surface area contributed by atoms with Gasteiger partial charge in [0.2, 0.25) is 23.6 Å². The van der Waals surface area contributed by atoms with Gasteiger partial charge in [-0.1, -0.05) is 101 Å². The molecule has 0 radical (unpaired) electrons. The Morgan fingerprint density at radius 1 is 0.825 bits per heavy atom. The third kappa shape index (κ3) is 15.6. The second kappa shape index (κ2) is 23.9. The molecular formula is C41H58N6O8S2. The van der Waals surface area contributed by atoms with Crippen molar-refractivity contribution in [2.45, 2.75) is 115 Å². The number of hydrogen-bond acceptors (Lipinski definition) is 11. The van der Waals surface area contributed by atoms with E-state index in [0.717, 1.165) is 33.6 Å². The predicted octanol–water partition coefficient (Wildman–Crippen LogP) is 5.34. The van der Waals surface area contributed by atoms with Gasteiger partial charge in [0.1, 0.15) is 12.1 Å². The summed E-state index contributed by atoms with van der Waals surface area (Å²) in [7, 11) is 2.32. The van der Waals surface area contributed by atoms with E-state index in [1.807, 2.05) is 84.0 Å². The van der Waals surface area contributed by atoms with E-state index in [9.17, 15) is 39.5 Å². The summed E-state index contributed by atoms with van der Waals surface area (Å²) in [4.78, 5) is 69.3. The van der Waals surface area contributed by atoms with Crippen molar-refractivity contribution in [3.63, 3.8) is 0 Å². The van der Waals surface area contributed by atoms with Gasteiger partial charge >= 0.3 is 5.69 Å². The van der Waals surface area contributed by atoms with Crippen LogP contribution in [0.1, 0.15) is 79.2 Å². The summed E-state index contributed by atoms with van der Waals surface area (Å²) < 4.78 is 0. The molecule has 0 spiro atoms.